The SMILES string of the molecule is CCc1ccccc1Nc1nc(Nc2ccc(C)c(C)c2)nc2c1C(=O)CCC2. The Hall–Kier alpha value is -3.21. The second-order valence-corrected chi connectivity index (χ2v) is 7.55. The van der Waals surface area contributed by atoms with Crippen molar-refractivity contribution in [1.29, 1.82) is 0 Å². The second-order valence-electron chi connectivity index (χ2n) is 7.55. The van der Waals surface area contributed by atoms with Crippen LogP contribution >= 0.6 is 0 Å². The third kappa shape index (κ3) is 3.99. The maximum Gasteiger partial charge on any atom is 0.229 e. The van der Waals surface area contributed by atoms with Gasteiger partial charge in [-0.1, -0.05) is 31.2 Å². The number of fused-ring (bicyclic) bond motifs is 1. The molecule has 2 N–H and O–H groups in total. The van der Waals surface area contributed by atoms with Crippen LogP contribution in [-0.2, 0) is 12.8 Å². The minimum Gasteiger partial charge on any atom is -0.339 e. The van der Waals surface area contributed by atoms with Gasteiger partial charge in [0.1, 0.15) is 5.82 Å². The maximum absolute atomic E-state index is 12.7. The Kier molecular flexibility index (Phi) is 5.30. The molecule has 5 nitrogen and oxygen atoms in total. The number of para-hydroxylation sites is 1. The predicted molar refractivity (Wildman–Crippen MR) is 118 cm³/mol. The summed E-state index contributed by atoms with van der Waals surface area (Å²) in [5, 5.41) is 6.73. The summed E-state index contributed by atoms with van der Waals surface area (Å²) < 4.78 is 0. The zero-order valence-electron chi connectivity index (χ0n) is 17.2. The number of anilines is 4. The van der Waals surface area contributed by atoms with E-state index in [1.54, 1.807) is 0 Å². The number of nitrogens with zero attached hydrogens (tertiary/aromatic N) is 2. The van der Waals surface area contributed by atoms with E-state index in [-0.39, 0.29) is 5.78 Å². The quantitative estimate of drug-likeness (QED) is 0.592. The second kappa shape index (κ2) is 8.03. The number of hydrogen-bond donors (Lipinski definition) is 2. The molecule has 0 radical (unpaired) electrons. The molecule has 2 aromatic carbocycles. The number of aromatic nitrogens is 2. The van der Waals surface area contributed by atoms with Crippen LogP contribution in [0.25, 0.3) is 0 Å². The lowest BCUT2D eigenvalue weighted by Crippen LogP contribution is -2.18. The third-order valence-electron chi connectivity index (χ3n) is 5.49. The number of ketones is 1. The van der Waals surface area contributed by atoms with Crippen LogP contribution in [0.4, 0.5) is 23.1 Å². The molecule has 148 valence electrons. The van der Waals surface area contributed by atoms with Gasteiger partial charge in [0.25, 0.3) is 0 Å². The summed E-state index contributed by atoms with van der Waals surface area (Å²) in [6, 6.07) is 14.3. The van der Waals surface area contributed by atoms with E-state index in [1.807, 2.05) is 24.3 Å². The summed E-state index contributed by atoms with van der Waals surface area (Å²) in [6.45, 7) is 6.29. The minimum absolute atomic E-state index is 0.112. The van der Waals surface area contributed by atoms with Crippen molar-refractivity contribution in [1.82, 2.24) is 9.97 Å². The van der Waals surface area contributed by atoms with Crippen LogP contribution in [0, 0.1) is 13.8 Å². The van der Waals surface area contributed by atoms with E-state index in [4.69, 9.17) is 4.98 Å². The average molecular weight is 386 g/mol. The Balaban J connectivity index is 1.75. The first-order valence-electron chi connectivity index (χ1n) is 10.2. The molecule has 1 aliphatic rings. The maximum atomic E-state index is 12.7. The van der Waals surface area contributed by atoms with Gasteiger partial charge in [-0.15, -0.1) is 0 Å². The molecule has 0 unspecified atom stereocenters. The summed E-state index contributed by atoms with van der Waals surface area (Å²) in [7, 11) is 0. The van der Waals surface area contributed by atoms with Crippen LogP contribution in [0.5, 0.6) is 0 Å². The zero-order chi connectivity index (χ0) is 20.4. The van der Waals surface area contributed by atoms with Crippen molar-refractivity contribution in [2.75, 3.05) is 10.6 Å². The molecule has 0 aliphatic heterocycles. The highest BCUT2D eigenvalue weighted by atomic mass is 16.1. The molecule has 1 aliphatic carbocycles. The van der Waals surface area contributed by atoms with Crippen molar-refractivity contribution in [3.8, 4) is 0 Å². The molecule has 1 aromatic heterocycles. The molecular weight excluding hydrogens is 360 g/mol. The molecular formula is C24H26N4O. The van der Waals surface area contributed by atoms with Crippen molar-refractivity contribution >= 4 is 28.9 Å². The van der Waals surface area contributed by atoms with Gasteiger partial charge in [0.05, 0.1) is 11.3 Å². The van der Waals surface area contributed by atoms with E-state index < -0.39 is 0 Å². The summed E-state index contributed by atoms with van der Waals surface area (Å²) in [5.41, 5.74) is 7.00. The highest BCUT2D eigenvalue weighted by molar-refractivity contribution is 6.03. The fraction of sp³-hybridized carbons (Fsp3) is 0.292. The number of rotatable bonds is 5. The van der Waals surface area contributed by atoms with Gasteiger partial charge >= 0.3 is 0 Å². The fourth-order valence-electron chi connectivity index (χ4n) is 3.70. The summed E-state index contributed by atoms with van der Waals surface area (Å²) >= 11 is 0. The van der Waals surface area contributed by atoms with Crippen molar-refractivity contribution in [3.05, 3.63) is 70.4 Å². The van der Waals surface area contributed by atoms with E-state index >= 15 is 0 Å². The monoisotopic (exact) mass is 386 g/mol. The van der Waals surface area contributed by atoms with Crippen molar-refractivity contribution < 1.29 is 4.79 Å². The van der Waals surface area contributed by atoms with Crippen LogP contribution in [0.3, 0.4) is 0 Å². The Morgan fingerprint density at radius 3 is 2.59 bits per heavy atom. The number of aryl methyl sites for hydroxylation is 4. The summed E-state index contributed by atoms with van der Waals surface area (Å²) in [6.07, 6.45) is 3.06. The highest BCUT2D eigenvalue weighted by Gasteiger charge is 2.25. The van der Waals surface area contributed by atoms with Gasteiger partial charge in [0.15, 0.2) is 5.78 Å². The minimum atomic E-state index is 0.112. The lowest BCUT2D eigenvalue weighted by molar-refractivity contribution is 0.0972. The normalized spacial score (nSPS) is 13.1. The smallest absolute Gasteiger partial charge is 0.229 e. The van der Waals surface area contributed by atoms with E-state index in [9.17, 15) is 4.79 Å². The number of hydrogen-bond acceptors (Lipinski definition) is 5. The van der Waals surface area contributed by atoms with E-state index in [0.717, 1.165) is 36.3 Å². The first-order valence-corrected chi connectivity index (χ1v) is 10.2. The van der Waals surface area contributed by atoms with Gasteiger partial charge < -0.3 is 10.6 Å². The molecule has 0 saturated heterocycles. The average Bonchev–Trinajstić information content (AvgIpc) is 2.71. The van der Waals surface area contributed by atoms with E-state index in [1.165, 1.54) is 16.7 Å². The van der Waals surface area contributed by atoms with Crippen molar-refractivity contribution in [2.45, 2.75) is 46.5 Å². The Bertz CT molecular complexity index is 1070. The lowest BCUT2D eigenvalue weighted by atomic mass is 9.95. The largest absolute Gasteiger partial charge is 0.339 e. The van der Waals surface area contributed by atoms with Crippen molar-refractivity contribution in [3.63, 3.8) is 0 Å². The number of Topliss-reactive ketones (excluding diaryl/α,β-unsaturated/α-hetero) is 1. The molecule has 5 heteroatoms. The molecule has 0 amide bonds. The van der Waals surface area contributed by atoms with Gasteiger partial charge in [0, 0.05) is 17.8 Å². The van der Waals surface area contributed by atoms with Crippen LogP contribution in [-0.4, -0.2) is 15.8 Å². The van der Waals surface area contributed by atoms with Gasteiger partial charge in [0.2, 0.25) is 5.95 Å². The Morgan fingerprint density at radius 1 is 0.966 bits per heavy atom. The number of carbonyl (C=O) groups is 1. The summed E-state index contributed by atoms with van der Waals surface area (Å²) in [4.78, 5) is 22.0. The topological polar surface area (TPSA) is 66.9 Å². The predicted octanol–water partition coefficient (Wildman–Crippen LogP) is 5.66. The number of nitrogens with one attached hydrogen (secondary N) is 2. The standard InChI is InChI=1S/C24H26N4O/c1-4-17-8-5-6-9-19(17)26-23-22-20(10-7-11-21(22)29)27-24(28-23)25-18-13-12-15(2)16(3)14-18/h5-6,8-9,12-14H,4,7,10-11H2,1-3H3,(H2,25,26,27,28). The zero-order valence-corrected chi connectivity index (χ0v) is 17.2. The van der Waals surface area contributed by atoms with Crippen molar-refractivity contribution in [2.24, 2.45) is 0 Å². The summed E-state index contributed by atoms with van der Waals surface area (Å²) in [5.74, 6) is 1.21. The highest BCUT2D eigenvalue weighted by Crippen LogP contribution is 2.31. The molecule has 0 bridgehead atoms. The third-order valence-corrected chi connectivity index (χ3v) is 5.49. The lowest BCUT2D eigenvalue weighted by Gasteiger charge is -2.20. The Morgan fingerprint density at radius 2 is 1.79 bits per heavy atom. The molecule has 0 saturated carbocycles. The molecule has 1 heterocycles. The van der Waals surface area contributed by atoms with Gasteiger partial charge in [-0.2, -0.15) is 4.98 Å². The van der Waals surface area contributed by atoms with E-state index in [2.05, 4.69) is 54.6 Å². The number of carbonyl (C=O) groups excluding carboxylic acids is 1. The molecule has 29 heavy (non-hydrogen) atoms. The Labute approximate surface area is 171 Å². The van der Waals surface area contributed by atoms with Crippen LogP contribution in [0.15, 0.2) is 42.5 Å². The molecule has 0 spiro atoms. The van der Waals surface area contributed by atoms with Gasteiger partial charge in [-0.25, -0.2) is 4.98 Å². The molecule has 0 atom stereocenters. The first-order chi connectivity index (χ1) is 14.0. The van der Waals surface area contributed by atoms with Crippen LogP contribution in [0.1, 0.15) is 52.5 Å². The molecule has 3 aromatic rings. The van der Waals surface area contributed by atoms with Gasteiger partial charge in [-0.3, -0.25) is 4.79 Å². The van der Waals surface area contributed by atoms with Crippen LogP contribution in [0.2, 0.25) is 0 Å². The fourth-order valence-corrected chi connectivity index (χ4v) is 3.70. The first kappa shape index (κ1) is 19.1. The van der Waals surface area contributed by atoms with Crippen LogP contribution < -0.4 is 10.6 Å². The molecule has 0 fully saturated rings. The van der Waals surface area contributed by atoms with Gasteiger partial charge in [-0.05, 0) is 68.0 Å². The number of benzene rings is 2. The van der Waals surface area contributed by atoms with E-state index in [0.29, 0.717) is 23.8 Å². The molecule has 4 rings (SSSR count).